The highest BCUT2D eigenvalue weighted by Gasteiger charge is 2.32. The third-order valence-corrected chi connectivity index (χ3v) is 4.84. The number of hydrogen-bond donors (Lipinski definition) is 1. The number of benzene rings is 1. The maximum Gasteiger partial charge on any atom is 0.243 e. The Labute approximate surface area is 162 Å². The van der Waals surface area contributed by atoms with E-state index in [0.717, 1.165) is 24.8 Å². The first-order chi connectivity index (χ1) is 12.9. The lowest BCUT2D eigenvalue weighted by atomic mass is 10.00. The lowest BCUT2D eigenvalue weighted by Crippen LogP contribution is -2.52. The molecule has 0 bridgehead atoms. The summed E-state index contributed by atoms with van der Waals surface area (Å²) in [5.74, 6) is 1.27. The van der Waals surface area contributed by atoms with Crippen LogP contribution in [0, 0.1) is 0 Å². The Kier molecular flexibility index (Phi) is 7.51. The standard InChI is InChI=1S/C21H32N2O4/c1-6-20(24)23-12-8-7-9-17(23)21(25)22-15(4)16-10-11-18(27-14(2)3)19(13-16)26-5/h10-11,13-15,17H,6-9,12H2,1-5H3,(H,22,25). The number of carbonyl (C=O) groups excluding carboxylic acids is 2. The van der Waals surface area contributed by atoms with Crippen LogP contribution in [0.5, 0.6) is 11.5 Å². The zero-order valence-corrected chi connectivity index (χ0v) is 17.1. The molecule has 1 aliphatic heterocycles. The normalized spacial score (nSPS) is 18.1. The molecule has 0 saturated carbocycles. The highest BCUT2D eigenvalue weighted by atomic mass is 16.5. The number of nitrogens with one attached hydrogen (secondary N) is 1. The molecule has 2 unspecified atom stereocenters. The lowest BCUT2D eigenvalue weighted by molar-refractivity contribution is -0.142. The molecular weight excluding hydrogens is 344 g/mol. The van der Waals surface area contributed by atoms with Crippen LogP contribution in [0.4, 0.5) is 0 Å². The summed E-state index contributed by atoms with van der Waals surface area (Å²) in [6, 6.07) is 5.11. The molecule has 0 aromatic heterocycles. The molecule has 1 fully saturated rings. The quantitative estimate of drug-likeness (QED) is 0.791. The number of rotatable bonds is 7. The number of piperidine rings is 1. The minimum absolute atomic E-state index is 0.0411. The Balaban J connectivity index is 2.10. The molecule has 0 spiro atoms. The zero-order valence-electron chi connectivity index (χ0n) is 17.1. The van der Waals surface area contributed by atoms with Gasteiger partial charge in [0.15, 0.2) is 11.5 Å². The van der Waals surface area contributed by atoms with E-state index < -0.39 is 0 Å². The highest BCUT2D eigenvalue weighted by molar-refractivity contribution is 5.88. The van der Waals surface area contributed by atoms with Gasteiger partial charge in [0.1, 0.15) is 6.04 Å². The lowest BCUT2D eigenvalue weighted by Gasteiger charge is -2.35. The summed E-state index contributed by atoms with van der Waals surface area (Å²) in [7, 11) is 1.60. The molecule has 1 aromatic carbocycles. The van der Waals surface area contributed by atoms with Crippen molar-refractivity contribution >= 4 is 11.8 Å². The van der Waals surface area contributed by atoms with Gasteiger partial charge in [0.25, 0.3) is 0 Å². The Morgan fingerprint density at radius 1 is 1.22 bits per heavy atom. The molecule has 1 aliphatic rings. The number of ether oxygens (including phenoxy) is 2. The Morgan fingerprint density at radius 2 is 1.96 bits per heavy atom. The second-order valence-corrected chi connectivity index (χ2v) is 7.26. The smallest absolute Gasteiger partial charge is 0.243 e. The summed E-state index contributed by atoms with van der Waals surface area (Å²) < 4.78 is 11.2. The van der Waals surface area contributed by atoms with E-state index in [2.05, 4.69) is 5.32 Å². The van der Waals surface area contributed by atoms with Crippen molar-refractivity contribution in [2.75, 3.05) is 13.7 Å². The molecule has 1 heterocycles. The molecule has 1 saturated heterocycles. The number of methoxy groups -OCH3 is 1. The van der Waals surface area contributed by atoms with Crippen molar-refractivity contribution in [2.24, 2.45) is 0 Å². The molecule has 1 N–H and O–H groups in total. The second-order valence-electron chi connectivity index (χ2n) is 7.26. The molecule has 6 nitrogen and oxygen atoms in total. The zero-order chi connectivity index (χ0) is 20.0. The van der Waals surface area contributed by atoms with Crippen LogP contribution in [0.2, 0.25) is 0 Å². The number of hydrogen-bond acceptors (Lipinski definition) is 4. The van der Waals surface area contributed by atoms with Crippen LogP contribution in [0.15, 0.2) is 18.2 Å². The van der Waals surface area contributed by atoms with E-state index >= 15 is 0 Å². The fraction of sp³-hybridized carbons (Fsp3) is 0.619. The van der Waals surface area contributed by atoms with Crippen molar-refractivity contribution in [3.63, 3.8) is 0 Å². The molecule has 6 heteroatoms. The maximum atomic E-state index is 12.8. The van der Waals surface area contributed by atoms with E-state index in [1.807, 2.05) is 45.9 Å². The van der Waals surface area contributed by atoms with Gasteiger partial charge in [-0.25, -0.2) is 0 Å². The van der Waals surface area contributed by atoms with Crippen molar-refractivity contribution in [1.29, 1.82) is 0 Å². The van der Waals surface area contributed by atoms with E-state index in [1.54, 1.807) is 12.0 Å². The van der Waals surface area contributed by atoms with Gasteiger partial charge in [-0.2, -0.15) is 0 Å². The summed E-state index contributed by atoms with van der Waals surface area (Å²) in [5, 5.41) is 3.06. The van der Waals surface area contributed by atoms with Crippen molar-refractivity contribution in [3.8, 4) is 11.5 Å². The average Bonchev–Trinajstić information content (AvgIpc) is 2.67. The SMILES string of the molecule is CCC(=O)N1CCCCC1C(=O)NC(C)c1ccc(OC(C)C)c(OC)c1. The van der Waals surface area contributed by atoms with Crippen LogP contribution in [-0.4, -0.2) is 42.5 Å². The number of likely N-dealkylation sites (tertiary alicyclic amines) is 1. The predicted molar refractivity (Wildman–Crippen MR) is 105 cm³/mol. The van der Waals surface area contributed by atoms with Crippen molar-refractivity contribution < 1.29 is 19.1 Å². The molecule has 27 heavy (non-hydrogen) atoms. The molecular formula is C21H32N2O4. The summed E-state index contributed by atoms with van der Waals surface area (Å²) >= 11 is 0. The van der Waals surface area contributed by atoms with E-state index in [0.29, 0.717) is 24.5 Å². The van der Waals surface area contributed by atoms with Gasteiger partial charge in [0, 0.05) is 13.0 Å². The topological polar surface area (TPSA) is 67.9 Å². The summed E-state index contributed by atoms with van der Waals surface area (Å²) in [6.07, 6.45) is 3.12. The van der Waals surface area contributed by atoms with Gasteiger partial charge in [0.2, 0.25) is 11.8 Å². The predicted octanol–water partition coefficient (Wildman–Crippen LogP) is 3.45. The van der Waals surface area contributed by atoms with Crippen molar-refractivity contribution in [2.45, 2.75) is 71.6 Å². The molecule has 0 aliphatic carbocycles. The fourth-order valence-electron chi connectivity index (χ4n) is 3.40. The second kappa shape index (κ2) is 9.62. The summed E-state index contributed by atoms with van der Waals surface area (Å²) in [5.41, 5.74) is 0.931. The van der Waals surface area contributed by atoms with Gasteiger partial charge >= 0.3 is 0 Å². The molecule has 1 aromatic rings. The number of nitrogens with zero attached hydrogens (tertiary/aromatic N) is 1. The Bertz CT molecular complexity index is 660. The molecule has 150 valence electrons. The Hall–Kier alpha value is -2.24. The number of carbonyl (C=O) groups is 2. The van der Waals surface area contributed by atoms with E-state index in [-0.39, 0.29) is 30.0 Å². The minimum atomic E-state index is -0.376. The van der Waals surface area contributed by atoms with Crippen molar-refractivity contribution in [1.82, 2.24) is 10.2 Å². The van der Waals surface area contributed by atoms with Crippen LogP contribution in [0.25, 0.3) is 0 Å². The molecule has 2 amide bonds. The van der Waals surface area contributed by atoms with Crippen LogP contribution in [0.3, 0.4) is 0 Å². The molecule has 2 rings (SSSR count). The summed E-state index contributed by atoms with van der Waals surface area (Å²) in [6.45, 7) is 8.35. The summed E-state index contributed by atoms with van der Waals surface area (Å²) in [4.78, 5) is 26.7. The largest absolute Gasteiger partial charge is 0.493 e. The first-order valence-electron chi connectivity index (χ1n) is 9.81. The van der Waals surface area contributed by atoms with Crippen LogP contribution in [0.1, 0.15) is 65.0 Å². The maximum absolute atomic E-state index is 12.8. The van der Waals surface area contributed by atoms with Gasteiger partial charge < -0.3 is 19.7 Å². The first kappa shape index (κ1) is 21.1. The van der Waals surface area contributed by atoms with Gasteiger partial charge in [-0.1, -0.05) is 13.0 Å². The third-order valence-electron chi connectivity index (χ3n) is 4.84. The van der Waals surface area contributed by atoms with Crippen LogP contribution >= 0.6 is 0 Å². The monoisotopic (exact) mass is 376 g/mol. The minimum Gasteiger partial charge on any atom is -0.493 e. The average molecular weight is 376 g/mol. The Morgan fingerprint density at radius 3 is 2.59 bits per heavy atom. The first-order valence-corrected chi connectivity index (χ1v) is 9.81. The fourth-order valence-corrected chi connectivity index (χ4v) is 3.40. The van der Waals surface area contributed by atoms with Gasteiger partial charge in [-0.15, -0.1) is 0 Å². The van der Waals surface area contributed by atoms with Gasteiger partial charge in [0.05, 0.1) is 19.3 Å². The number of amides is 2. The van der Waals surface area contributed by atoms with E-state index in [1.165, 1.54) is 0 Å². The highest BCUT2D eigenvalue weighted by Crippen LogP contribution is 2.31. The van der Waals surface area contributed by atoms with Gasteiger partial charge in [-0.3, -0.25) is 9.59 Å². The van der Waals surface area contributed by atoms with E-state index in [9.17, 15) is 9.59 Å². The van der Waals surface area contributed by atoms with Crippen LogP contribution in [-0.2, 0) is 9.59 Å². The molecule has 2 atom stereocenters. The van der Waals surface area contributed by atoms with Crippen molar-refractivity contribution in [3.05, 3.63) is 23.8 Å². The van der Waals surface area contributed by atoms with E-state index in [4.69, 9.17) is 9.47 Å². The third kappa shape index (κ3) is 5.37. The van der Waals surface area contributed by atoms with Gasteiger partial charge in [-0.05, 0) is 57.7 Å². The molecule has 0 radical (unpaired) electrons. The van der Waals surface area contributed by atoms with Crippen LogP contribution < -0.4 is 14.8 Å².